The number of imidazole rings is 1. The maximum Gasteiger partial charge on any atom is 0.201 e. The van der Waals surface area contributed by atoms with E-state index in [2.05, 4.69) is 11.9 Å². The minimum Gasteiger partial charge on any atom is -0.379 e. The van der Waals surface area contributed by atoms with Gasteiger partial charge in [-0.15, -0.1) is 0 Å². The molecule has 1 aliphatic rings. The van der Waals surface area contributed by atoms with Gasteiger partial charge in [0.25, 0.3) is 0 Å². The highest BCUT2D eigenvalue weighted by Crippen LogP contribution is 2.34. The number of nitrogen functional groups attached to an aromatic ring is 1. The largest absolute Gasteiger partial charge is 0.379 e. The third-order valence-electron chi connectivity index (χ3n) is 3.68. The summed E-state index contributed by atoms with van der Waals surface area (Å²) in [7, 11) is 0. The van der Waals surface area contributed by atoms with Gasteiger partial charge in [-0.1, -0.05) is 0 Å². The number of benzene rings is 1. The van der Waals surface area contributed by atoms with Gasteiger partial charge in [0.2, 0.25) is 5.95 Å². The summed E-state index contributed by atoms with van der Waals surface area (Å²) < 4.78 is 21.8. The summed E-state index contributed by atoms with van der Waals surface area (Å²) in [6, 6.07) is 3.24. The fourth-order valence-corrected chi connectivity index (χ4v) is 3.20. The topological polar surface area (TPSA) is 53.1 Å². The normalized spacial score (nSPS) is 23.9. The van der Waals surface area contributed by atoms with Crippen LogP contribution in [0.15, 0.2) is 12.1 Å². The van der Waals surface area contributed by atoms with Gasteiger partial charge in [-0.3, -0.25) is 0 Å². The first-order chi connectivity index (χ1) is 9.01. The molecule has 0 spiro atoms. The zero-order chi connectivity index (χ0) is 13.6. The molecule has 1 aromatic carbocycles. The molecule has 2 aromatic rings. The molecule has 6 heteroatoms. The lowest BCUT2D eigenvalue weighted by Gasteiger charge is -2.35. The van der Waals surface area contributed by atoms with E-state index in [9.17, 15) is 4.39 Å². The minimum atomic E-state index is -0.254. The average Bonchev–Trinajstić information content (AvgIpc) is 2.67. The Kier molecular flexibility index (Phi) is 3.17. The third-order valence-corrected chi connectivity index (χ3v) is 4.51. The summed E-state index contributed by atoms with van der Waals surface area (Å²) in [6.07, 6.45) is 1.93. The zero-order valence-electron chi connectivity index (χ0n) is 10.6. The molecule has 0 saturated carbocycles. The number of rotatable bonds is 1. The van der Waals surface area contributed by atoms with Crippen molar-refractivity contribution in [3.63, 3.8) is 0 Å². The molecule has 2 N–H and O–H groups in total. The number of halogens is 2. The molecule has 0 bridgehead atoms. The van der Waals surface area contributed by atoms with Gasteiger partial charge in [0.05, 0.1) is 26.7 Å². The van der Waals surface area contributed by atoms with Gasteiger partial charge in [-0.25, -0.2) is 9.37 Å². The van der Waals surface area contributed by atoms with Crippen LogP contribution in [0.5, 0.6) is 0 Å². The van der Waals surface area contributed by atoms with Crippen LogP contribution in [0.1, 0.15) is 19.8 Å². The summed E-state index contributed by atoms with van der Waals surface area (Å²) in [6.45, 7) is 3.43. The molecular weight excluding hydrogens is 360 g/mol. The van der Waals surface area contributed by atoms with E-state index in [1.807, 2.05) is 27.2 Å². The molecule has 19 heavy (non-hydrogen) atoms. The van der Waals surface area contributed by atoms with E-state index in [1.165, 1.54) is 6.07 Å². The highest BCUT2D eigenvalue weighted by molar-refractivity contribution is 14.1. The van der Waals surface area contributed by atoms with Gasteiger partial charge in [0.15, 0.2) is 0 Å². The van der Waals surface area contributed by atoms with Gasteiger partial charge in [-0.2, -0.15) is 0 Å². The Morgan fingerprint density at radius 3 is 3.00 bits per heavy atom. The first-order valence-corrected chi connectivity index (χ1v) is 7.30. The Morgan fingerprint density at radius 1 is 1.53 bits per heavy atom. The van der Waals surface area contributed by atoms with Gasteiger partial charge in [0, 0.05) is 12.7 Å². The van der Waals surface area contributed by atoms with E-state index >= 15 is 0 Å². The van der Waals surface area contributed by atoms with Crippen molar-refractivity contribution in [3.05, 3.63) is 21.5 Å². The van der Waals surface area contributed by atoms with Gasteiger partial charge in [0.1, 0.15) is 5.82 Å². The smallest absolute Gasteiger partial charge is 0.201 e. The number of ether oxygens (including phenoxy) is 1. The molecule has 1 atom stereocenters. The van der Waals surface area contributed by atoms with Gasteiger partial charge in [-0.05, 0) is 48.4 Å². The van der Waals surface area contributed by atoms with Crippen molar-refractivity contribution in [1.29, 1.82) is 0 Å². The maximum atomic E-state index is 13.8. The van der Waals surface area contributed by atoms with E-state index < -0.39 is 0 Å². The monoisotopic (exact) mass is 375 g/mol. The zero-order valence-corrected chi connectivity index (χ0v) is 12.8. The van der Waals surface area contributed by atoms with Crippen molar-refractivity contribution in [2.75, 3.05) is 18.9 Å². The predicted octanol–water partition coefficient (Wildman–Crippen LogP) is 2.89. The number of hydrogen-bond acceptors (Lipinski definition) is 3. The van der Waals surface area contributed by atoms with E-state index in [4.69, 9.17) is 10.5 Å². The fourth-order valence-electron chi connectivity index (χ4n) is 2.75. The third kappa shape index (κ3) is 2.10. The lowest BCUT2D eigenvalue weighted by molar-refractivity contribution is 0.0124. The van der Waals surface area contributed by atoms with E-state index in [1.54, 1.807) is 6.07 Å². The lowest BCUT2D eigenvalue weighted by Crippen LogP contribution is -2.39. The highest BCUT2D eigenvalue weighted by atomic mass is 127. The molecule has 1 unspecified atom stereocenters. The Morgan fingerprint density at radius 2 is 2.32 bits per heavy atom. The van der Waals surface area contributed by atoms with Crippen LogP contribution in [0, 0.1) is 9.39 Å². The first-order valence-electron chi connectivity index (χ1n) is 6.22. The van der Waals surface area contributed by atoms with Crippen molar-refractivity contribution < 1.29 is 9.13 Å². The number of anilines is 1. The Hall–Kier alpha value is -0.890. The second kappa shape index (κ2) is 4.59. The first kappa shape index (κ1) is 13.1. The molecule has 0 amide bonds. The Bertz CT molecular complexity index is 634. The highest BCUT2D eigenvalue weighted by Gasteiger charge is 2.33. The molecule has 4 nitrogen and oxygen atoms in total. The molecule has 3 rings (SSSR count). The van der Waals surface area contributed by atoms with E-state index in [0.29, 0.717) is 16.1 Å². The molecule has 0 aliphatic carbocycles. The van der Waals surface area contributed by atoms with Crippen LogP contribution >= 0.6 is 22.6 Å². The van der Waals surface area contributed by atoms with Gasteiger partial charge < -0.3 is 15.0 Å². The Balaban J connectivity index is 2.22. The summed E-state index contributed by atoms with van der Waals surface area (Å²) in [4.78, 5) is 4.35. The minimum absolute atomic E-state index is 0.241. The summed E-state index contributed by atoms with van der Waals surface area (Å²) >= 11 is 1.96. The molecule has 1 fully saturated rings. The van der Waals surface area contributed by atoms with Crippen LogP contribution in [0.25, 0.3) is 11.0 Å². The van der Waals surface area contributed by atoms with Crippen LogP contribution in [-0.2, 0) is 10.3 Å². The van der Waals surface area contributed by atoms with Crippen molar-refractivity contribution in [1.82, 2.24) is 9.55 Å². The van der Waals surface area contributed by atoms with Crippen molar-refractivity contribution >= 4 is 39.6 Å². The molecular formula is C13H15FIN3O. The van der Waals surface area contributed by atoms with Crippen LogP contribution < -0.4 is 5.73 Å². The molecule has 2 heterocycles. The van der Waals surface area contributed by atoms with Gasteiger partial charge >= 0.3 is 0 Å². The van der Waals surface area contributed by atoms with Crippen LogP contribution in [0.3, 0.4) is 0 Å². The number of nitrogens with zero attached hydrogens (tertiary/aromatic N) is 2. The van der Waals surface area contributed by atoms with Crippen LogP contribution in [0.2, 0.25) is 0 Å². The van der Waals surface area contributed by atoms with E-state index in [0.717, 1.165) is 30.5 Å². The van der Waals surface area contributed by atoms with Crippen LogP contribution in [-0.4, -0.2) is 22.8 Å². The average molecular weight is 375 g/mol. The molecule has 1 saturated heterocycles. The molecule has 1 aliphatic heterocycles. The van der Waals surface area contributed by atoms with Crippen molar-refractivity contribution in [2.24, 2.45) is 0 Å². The van der Waals surface area contributed by atoms with E-state index in [-0.39, 0.29) is 11.4 Å². The Labute approximate surface area is 124 Å². The fraction of sp³-hybridized carbons (Fsp3) is 0.462. The molecule has 102 valence electrons. The predicted molar refractivity (Wildman–Crippen MR) is 80.5 cm³/mol. The number of hydrogen-bond donors (Lipinski definition) is 1. The van der Waals surface area contributed by atoms with Crippen molar-refractivity contribution in [3.8, 4) is 0 Å². The standard InChI is InChI=1S/C13H15FIN3O/c1-13(3-2-4-19-7-13)18-11-5-8(14)9(15)6-10(11)17-12(18)16/h5-6H,2-4,7H2,1H3,(H2,16,17). The van der Waals surface area contributed by atoms with Crippen molar-refractivity contribution in [2.45, 2.75) is 25.3 Å². The quantitative estimate of drug-likeness (QED) is 0.780. The second-order valence-corrected chi connectivity index (χ2v) is 6.38. The number of nitrogens with two attached hydrogens (primary N) is 1. The summed E-state index contributed by atoms with van der Waals surface area (Å²) in [5.74, 6) is 0.180. The van der Waals surface area contributed by atoms with Crippen LogP contribution in [0.4, 0.5) is 10.3 Å². The second-order valence-electron chi connectivity index (χ2n) is 5.21. The molecule has 1 aromatic heterocycles. The maximum absolute atomic E-state index is 13.8. The molecule has 0 radical (unpaired) electrons. The lowest BCUT2D eigenvalue weighted by atomic mass is 9.94. The number of aromatic nitrogens is 2. The SMILES string of the molecule is CC1(n2c(N)nc3cc(I)c(F)cc32)CCCOC1. The summed E-state index contributed by atoms with van der Waals surface area (Å²) in [5, 5.41) is 0. The summed E-state index contributed by atoms with van der Waals surface area (Å²) in [5.41, 5.74) is 7.26. The number of fused-ring (bicyclic) bond motifs is 1.